The van der Waals surface area contributed by atoms with E-state index in [9.17, 15) is 4.79 Å². The van der Waals surface area contributed by atoms with E-state index in [1.807, 2.05) is 20.8 Å². The Kier molecular flexibility index (Phi) is 5.87. The van der Waals surface area contributed by atoms with E-state index in [2.05, 4.69) is 6.92 Å². The quantitative estimate of drug-likeness (QED) is 0.638. The lowest BCUT2D eigenvalue weighted by atomic mass is 10.2. The van der Waals surface area contributed by atoms with Gasteiger partial charge in [-0.2, -0.15) is 5.26 Å². The largest absolute Gasteiger partial charge is 0.444 e. The molecule has 0 aromatic carbocycles. The standard InChI is InChI=1S/C10H19NO2.C2H3N/c1-8-5-6-11(7-8)9(12)13-10(2,3)4;1-2-3/h8H,5-7H2,1-4H3;1H3. The van der Waals surface area contributed by atoms with Gasteiger partial charge in [0.1, 0.15) is 5.60 Å². The predicted molar refractivity (Wildman–Crippen MR) is 62.9 cm³/mol. The van der Waals surface area contributed by atoms with E-state index in [1.165, 1.54) is 6.92 Å². The molecule has 1 aliphatic heterocycles. The molecule has 0 aromatic rings. The summed E-state index contributed by atoms with van der Waals surface area (Å²) >= 11 is 0. The number of ether oxygens (including phenoxy) is 1. The molecule has 1 aliphatic rings. The molecule has 1 amide bonds. The summed E-state index contributed by atoms with van der Waals surface area (Å²) < 4.78 is 5.26. The normalized spacial score (nSPS) is 19.5. The first-order valence-electron chi connectivity index (χ1n) is 5.59. The van der Waals surface area contributed by atoms with E-state index >= 15 is 0 Å². The van der Waals surface area contributed by atoms with Crippen molar-refractivity contribution in [1.82, 2.24) is 4.90 Å². The topological polar surface area (TPSA) is 53.3 Å². The maximum atomic E-state index is 11.5. The van der Waals surface area contributed by atoms with Gasteiger partial charge in [-0.3, -0.25) is 0 Å². The summed E-state index contributed by atoms with van der Waals surface area (Å²) in [7, 11) is 0. The summed E-state index contributed by atoms with van der Waals surface area (Å²) in [6, 6.07) is 1.75. The molecule has 1 rings (SSSR count). The zero-order valence-electron chi connectivity index (χ0n) is 10.9. The minimum atomic E-state index is -0.372. The highest BCUT2D eigenvalue weighted by atomic mass is 16.6. The SMILES string of the molecule is CC#N.CC1CCN(C(=O)OC(C)(C)C)C1. The van der Waals surface area contributed by atoms with Crippen molar-refractivity contribution in [3.05, 3.63) is 0 Å². The van der Waals surface area contributed by atoms with Crippen LogP contribution in [-0.2, 0) is 4.74 Å². The molecule has 0 aliphatic carbocycles. The van der Waals surface area contributed by atoms with Gasteiger partial charge in [-0.15, -0.1) is 0 Å². The van der Waals surface area contributed by atoms with Crippen LogP contribution in [0.1, 0.15) is 41.0 Å². The van der Waals surface area contributed by atoms with Crippen molar-refractivity contribution in [2.75, 3.05) is 13.1 Å². The highest BCUT2D eigenvalue weighted by Crippen LogP contribution is 2.18. The minimum Gasteiger partial charge on any atom is -0.444 e. The third-order valence-corrected chi connectivity index (χ3v) is 2.08. The maximum absolute atomic E-state index is 11.5. The van der Waals surface area contributed by atoms with Crippen LogP contribution >= 0.6 is 0 Å². The molecule has 0 bridgehead atoms. The van der Waals surface area contributed by atoms with Crippen LogP contribution < -0.4 is 0 Å². The first kappa shape index (κ1) is 14.8. The predicted octanol–water partition coefficient (Wildman–Crippen LogP) is 2.79. The first-order valence-corrected chi connectivity index (χ1v) is 5.59. The summed E-state index contributed by atoms with van der Waals surface area (Å²) in [5.74, 6) is 0.618. The van der Waals surface area contributed by atoms with Gasteiger partial charge >= 0.3 is 6.09 Å². The molecule has 1 heterocycles. The lowest BCUT2D eigenvalue weighted by Crippen LogP contribution is -2.35. The summed E-state index contributed by atoms with van der Waals surface area (Å²) in [4.78, 5) is 13.3. The fraction of sp³-hybridized carbons (Fsp3) is 0.833. The Hall–Kier alpha value is -1.24. The second-order valence-corrected chi connectivity index (χ2v) is 5.04. The molecular weight excluding hydrogens is 204 g/mol. The third kappa shape index (κ3) is 6.28. The van der Waals surface area contributed by atoms with Crippen LogP contribution in [-0.4, -0.2) is 29.7 Å². The molecule has 92 valence electrons. The van der Waals surface area contributed by atoms with Gasteiger partial charge in [0.2, 0.25) is 0 Å². The van der Waals surface area contributed by atoms with Gasteiger partial charge in [0.15, 0.2) is 0 Å². The number of hydrogen-bond acceptors (Lipinski definition) is 3. The average Bonchev–Trinajstić information content (AvgIpc) is 2.50. The van der Waals surface area contributed by atoms with E-state index in [4.69, 9.17) is 10.00 Å². The van der Waals surface area contributed by atoms with Crippen LogP contribution in [0.25, 0.3) is 0 Å². The minimum absolute atomic E-state index is 0.170. The molecule has 1 saturated heterocycles. The molecule has 4 heteroatoms. The Morgan fingerprint density at radius 3 is 2.31 bits per heavy atom. The number of rotatable bonds is 0. The van der Waals surface area contributed by atoms with Crippen molar-refractivity contribution in [3.63, 3.8) is 0 Å². The van der Waals surface area contributed by atoms with Gasteiger partial charge in [-0.1, -0.05) is 6.92 Å². The van der Waals surface area contributed by atoms with Crippen LogP contribution in [0.4, 0.5) is 4.79 Å². The zero-order chi connectivity index (χ0) is 12.8. The molecule has 1 unspecified atom stereocenters. The van der Waals surface area contributed by atoms with Crippen LogP contribution in [0, 0.1) is 17.2 Å². The van der Waals surface area contributed by atoms with E-state index in [1.54, 1.807) is 11.0 Å². The van der Waals surface area contributed by atoms with E-state index < -0.39 is 0 Å². The van der Waals surface area contributed by atoms with Gasteiger partial charge in [-0.25, -0.2) is 4.79 Å². The van der Waals surface area contributed by atoms with Gasteiger partial charge in [-0.05, 0) is 33.1 Å². The van der Waals surface area contributed by atoms with Crippen LogP contribution in [0.3, 0.4) is 0 Å². The number of likely N-dealkylation sites (tertiary alicyclic amines) is 1. The van der Waals surface area contributed by atoms with Crippen molar-refractivity contribution in [2.24, 2.45) is 5.92 Å². The highest BCUT2D eigenvalue weighted by Gasteiger charge is 2.27. The number of carbonyl (C=O) groups is 1. The lowest BCUT2D eigenvalue weighted by Gasteiger charge is -2.24. The fourth-order valence-electron chi connectivity index (χ4n) is 1.43. The Morgan fingerprint density at radius 1 is 1.50 bits per heavy atom. The van der Waals surface area contributed by atoms with Crippen molar-refractivity contribution in [1.29, 1.82) is 5.26 Å². The fourth-order valence-corrected chi connectivity index (χ4v) is 1.43. The number of carbonyl (C=O) groups excluding carboxylic acids is 1. The second-order valence-electron chi connectivity index (χ2n) is 5.04. The van der Waals surface area contributed by atoms with Crippen LogP contribution in [0.2, 0.25) is 0 Å². The first-order chi connectivity index (χ1) is 7.30. The Labute approximate surface area is 98.2 Å². The molecular formula is C12H22N2O2. The maximum Gasteiger partial charge on any atom is 0.410 e. The number of amides is 1. The van der Waals surface area contributed by atoms with Gasteiger partial charge in [0, 0.05) is 20.0 Å². The summed E-state index contributed by atoms with van der Waals surface area (Å²) in [6.07, 6.45) is 0.927. The molecule has 0 radical (unpaired) electrons. The molecule has 16 heavy (non-hydrogen) atoms. The van der Waals surface area contributed by atoms with Crippen molar-refractivity contribution < 1.29 is 9.53 Å². The van der Waals surface area contributed by atoms with Crippen molar-refractivity contribution in [2.45, 2.75) is 46.6 Å². The molecule has 1 atom stereocenters. The Balaban J connectivity index is 0.000000673. The lowest BCUT2D eigenvalue weighted by molar-refractivity contribution is 0.0289. The molecule has 4 nitrogen and oxygen atoms in total. The molecule has 0 spiro atoms. The van der Waals surface area contributed by atoms with Crippen LogP contribution in [0.5, 0.6) is 0 Å². The summed E-state index contributed by atoms with van der Waals surface area (Å²) in [6.45, 7) is 11.0. The molecule has 0 aromatic heterocycles. The highest BCUT2D eigenvalue weighted by molar-refractivity contribution is 5.68. The van der Waals surface area contributed by atoms with Crippen molar-refractivity contribution >= 4 is 6.09 Å². The van der Waals surface area contributed by atoms with E-state index in [0.717, 1.165) is 19.5 Å². The average molecular weight is 226 g/mol. The van der Waals surface area contributed by atoms with E-state index in [-0.39, 0.29) is 11.7 Å². The molecule has 0 N–H and O–H groups in total. The zero-order valence-corrected chi connectivity index (χ0v) is 10.9. The summed E-state index contributed by atoms with van der Waals surface area (Å²) in [5, 5.41) is 7.32. The monoisotopic (exact) mass is 226 g/mol. The van der Waals surface area contributed by atoms with Crippen LogP contribution in [0.15, 0.2) is 0 Å². The Morgan fingerprint density at radius 2 is 2.00 bits per heavy atom. The Bertz CT molecular complexity index is 263. The molecule has 1 fully saturated rings. The smallest absolute Gasteiger partial charge is 0.410 e. The second kappa shape index (κ2) is 6.37. The van der Waals surface area contributed by atoms with Gasteiger partial charge in [0.05, 0.1) is 6.07 Å². The number of nitriles is 1. The number of nitrogens with zero attached hydrogens (tertiary/aromatic N) is 2. The van der Waals surface area contributed by atoms with Gasteiger partial charge < -0.3 is 9.64 Å². The summed E-state index contributed by atoms with van der Waals surface area (Å²) in [5.41, 5.74) is -0.372. The van der Waals surface area contributed by atoms with E-state index in [0.29, 0.717) is 5.92 Å². The molecule has 0 saturated carbocycles. The number of hydrogen-bond donors (Lipinski definition) is 0. The van der Waals surface area contributed by atoms with Gasteiger partial charge in [0.25, 0.3) is 0 Å². The third-order valence-electron chi connectivity index (χ3n) is 2.08. The van der Waals surface area contributed by atoms with Crippen molar-refractivity contribution in [3.8, 4) is 6.07 Å².